The van der Waals surface area contributed by atoms with Crippen molar-refractivity contribution in [3.63, 3.8) is 0 Å². The predicted molar refractivity (Wildman–Crippen MR) is 115 cm³/mol. The minimum Gasteiger partial charge on any atom is -0.469 e. The second-order valence-electron chi connectivity index (χ2n) is 7.85. The van der Waals surface area contributed by atoms with Gasteiger partial charge in [-0.05, 0) is 54.8 Å². The summed E-state index contributed by atoms with van der Waals surface area (Å²) in [5.74, 6) is -1.28. The summed E-state index contributed by atoms with van der Waals surface area (Å²) >= 11 is 3.52. The van der Waals surface area contributed by atoms with Gasteiger partial charge in [-0.15, -0.1) is 0 Å². The van der Waals surface area contributed by atoms with E-state index in [1.165, 1.54) is 25.3 Å². The van der Waals surface area contributed by atoms with Gasteiger partial charge in [0, 0.05) is 39.7 Å². The van der Waals surface area contributed by atoms with Crippen molar-refractivity contribution in [2.24, 2.45) is 5.92 Å². The van der Waals surface area contributed by atoms with Crippen LogP contribution in [0.4, 0.5) is 8.78 Å². The van der Waals surface area contributed by atoms with E-state index in [1.54, 1.807) is 12.1 Å². The summed E-state index contributed by atoms with van der Waals surface area (Å²) in [5.41, 5.74) is 4.01. The van der Waals surface area contributed by atoms with Crippen LogP contribution < -0.4 is 0 Å². The zero-order valence-corrected chi connectivity index (χ0v) is 18.6. The molecule has 3 aromatic rings. The monoisotopic (exact) mass is 476 g/mol. The van der Waals surface area contributed by atoms with Crippen molar-refractivity contribution < 1.29 is 18.3 Å². The summed E-state index contributed by atoms with van der Waals surface area (Å²) in [6.45, 7) is 4.73. The Labute approximate surface area is 182 Å². The average molecular weight is 477 g/mol. The van der Waals surface area contributed by atoms with Crippen LogP contribution in [-0.4, -0.2) is 36.1 Å². The van der Waals surface area contributed by atoms with Crippen molar-refractivity contribution in [1.29, 1.82) is 0 Å². The summed E-state index contributed by atoms with van der Waals surface area (Å²) in [5, 5.41) is 0.823. The number of rotatable bonds is 4. The highest BCUT2D eigenvalue weighted by Crippen LogP contribution is 2.42. The number of carbonyl (C=O) groups is 1. The quantitative estimate of drug-likeness (QED) is 0.521. The lowest BCUT2D eigenvalue weighted by molar-refractivity contribution is -0.145. The fourth-order valence-corrected chi connectivity index (χ4v) is 4.81. The number of aromatic nitrogens is 1. The Morgan fingerprint density at radius 1 is 1.33 bits per heavy atom. The highest BCUT2D eigenvalue weighted by atomic mass is 79.9. The number of nitrogens with one attached hydrogen (secondary N) is 1. The Balaban J connectivity index is 1.89. The van der Waals surface area contributed by atoms with Gasteiger partial charge in [-0.25, -0.2) is 8.78 Å². The van der Waals surface area contributed by atoms with Gasteiger partial charge in [-0.2, -0.15) is 0 Å². The van der Waals surface area contributed by atoms with Gasteiger partial charge in [0.2, 0.25) is 0 Å². The third-order valence-electron chi connectivity index (χ3n) is 5.97. The van der Waals surface area contributed by atoms with Crippen LogP contribution in [0.25, 0.3) is 10.9 Å². The van der Waals surface area contributed by atoms with E-state index in [4.69, 9.17) is 4.74 Å². The molecule has 7 heteroatoms. The minimum atomic E-state index is -0.422. The maximum Gasteiger partial charge on any atom is 0.309 e. The molecular weight excluding hydrogens is 454 g/mol. The van der Waals surface area contributed by atoms with Crippen molar-refractivity contribution in [3.05, 3.63) is 68.8 Å². The second-order valence-corrected chi connectivity index (χ2v) is 8.70. The number of hydrogen-bond acceptors (Lipinski definition) is 3. The fourth-order valence-electron chi connectivity index (χ4n) is 4.47. The molecule has 4 rings (SSSR count). The number of nitrogens with zero attached hydrogens (tertiary/aromatic N) is 1. The number of esters is 1. The minimum absolute atomic E-state index is 0.299. The molecule has 30 heavy (non-hydrogen) atoms. The molecule has 0 saturated heterocycles. The summed E-state index contributed by atoms with van der Waals surface area (Å²) in [6, 6.07) is 7.38. The van der Waals surface area contributed by atoms with Crippen LogP contribution in [0.3, 0.4) is 0 Å². The first-order chi connectivity index (χ1) is 14.3. The fraction of sp³-hybridized carbons (Fsp3) is 0.348. The lowest BCUT2D eigenvalue weighted by Gasteiger charge is -2.38. The molecule has 0 aliphatic carbocycles. The van der Waals surface area contributed by atoms with Crippen LogP contribution in [0.5, 0.6) is 0 Å². The molecule has 1 N–H and O–H groups in total. The number of hydrogen-bond donors (Lipinski definition) is 1. The molecule has 1 aliphatic heterocycles. The maximum absolute atomic E-state index is 15.2. The summed E-state index contributed by atoms with van der Waals surface area (Å²) in [4.78, 5) is 17.6. The Bertz CT molecular complexity index is 1130. The molecule has 1 aliphatic rings. The molecule has 0 amide bonds. The number of benzene rings is 2. The number of H-pyrrole nitrogens is 1. The first kappa shape index (κ1) is 21.0. The molecule has 0 fully saturated rings. The van der Waals surface area contributed by atoms with Gasteiger partial charge in [0.1, 0.15) is 11.6 Å². The van der Waals surface area contributed by atoms with Crippen LogP contribution >= 0.6 is 15.9 Å². The molecular formula is C23H23BrF2N2O2. The van der Waals surface area contributed by atoms with Gasteiger partial charge in [0.15, 0.2) is 0 Å². The van der Waals surface area contributed by atoms with Gasteiger partial charge in [-0.3, -0.25) is 9.69 Å². The van der Waals surface area contributed by atoms with Crippen LogP contribution in [0.1, 0.15) is 35.3 Å². The average Bonchev–Trinajstić information content (AvgIpc) is 3.09. The molecule has 0 bridgehead atoms. The summed E-state index contributed by atoms with van der Waals surface area (Å²) < 4.78 is 34.8. The molecule has 2 atom stereocenters. The number of fused-ring (bicyclic) bond motifs is 3. The van der Waals surface area contributed by atoms with Gasteiger partial charge in [-0.1, -0.05) is 22.9 Å². The normalized spacial score (nSPS) is 17.7. The third kappa shape index (κ3) is 3.54. The molecule has 0 unspecified atom stereocenters. The first-order valence-electron chi connectivity index (χ1n) is 9.88. The van der Waals surface area contributed by atoms with Gasteiger partial charge >= 0.3 is 5.97 Å². The van der Waals surface area contributed by atoms with Crippen LogP contribution in [0.2, 0.25) is 0 Å². The van der Waals surface area contributed by atoms with E-state index in [9.17, 15) is 9.18 Å². The number of ether oxygens (including phenoxy) is 1. The SMILES string of the molecule is COC(=O)[C@H](C)CN1CCc2c([nH]c3ccc(F)cc23)[C@H]1c1c(F)ccc(Br)c1C. The smallest absolute Gasteiger partial charge is 0.309 e. The molecule has 158 valence electrons. The van der Waals surface area contributed by atoms with Crippen LogP contribution in [0, 0.1) is 24.5 Å². The molecule has 0 saturated carbocycles. The highest BCUT2D eigenvalue weighted by molar-refractivity contribution is 9.10. The Morgan fingerprint density at radius 3 is 2.83 bits per heavy atom. The largest absolute Gasteiger partial charge is 0.469 e. The van der Waals surface area contributed by atoms with Crippen molar-refractivity contribution in [2.75, 3.05) is 20.2 Å². The van der Waals surface area contributed by atoms with E-state index in [2.05, 4.69) is 25.8 Å². The number of methoxy groups -OCH3 is 1. The van der Waals surface area contributed by atoms with Crippen molar-refractivity contribution in [2.45, 2.75) is 26.3 Å². The Hall–Kier alpha value is -2.25. The van der Waals surface area contributed by atoms with Crippen molar-refractivity contribution >= 4 is 32.8 Å². The molecule has 0 spiro atoms. The molecule has 2 aromatic carbocycles. The molecule has 0 radical (unpaired) electrons. The maximum atomic E-state index is 15.2. The molecule has 2 heterocycles. The topological polar surface area (TPSA) is 45.3 Å². The first-order valence-corrected chi connectivity index (χ1v) is 10.7. The number of aromatic amines is 1. The lowest BCUT2D eigenvalue weighted by Crippen LogP contribution is -2.41. The number of halogens is 3. The Morgan fingerprint density at radius 2 is 2.10 bits per heavy atom. The standard InChI is InChI=1S/C23H23BrF2N2O2/c1-12(23(29)30-3)11-28-9-8-15-16-10-14(25)4-7-19(16)27-21(15)22(28)20-13(2)17(24)5-6-18(20)26/h4-7,10,12,22,27H,8-9,11H2,1-3H3/t12-,22-/m1/s1. The second kappa shape index (κ2) is 8.12. The summed E-state index contributed by atoms with van der Waals surface area (Å²) in [7, 11) is 1.37. The van der Waals surface area contributed by atoms with E-state index in [-0.39, 0.29) is 23.5 Å². The van der Waals surface area contributed by atoms with Gasteiger partial charge in [0.05, 0.1) is 19.1 Å². The molecule has 4 nitrogen and oxygen atoms in total. The van der Waals surface area contributed by atoms with Crippen LogP contribution in [-0.2, 0) is 16.0 Å². The van der Waals surface area contributed by atoms with E-state index < -0.39 is 6.04 Å². The lowest BCUT2D eigenvalue weighted by atomic mass is 9.89. The van der Waals surface area contributed by atoms with E-state index >= 15 is 4.39 Å². The van der Waals surface area contributed by atoms with Crippen molar-refractivity contribution in [1.82, 2.24) is 9.88 Å². The van der Waals surface area contributed by atoms with Crippen molar-refractivity contribution in [3.8, 4) is 0 Å². The van der Waals surface area contributed by atoms with Gasteiger partial charge < -0.3 is 9.72 Å². The predicted octanol–water partition coefficient (Wildman–Crippen LogP) is 5.27. The van der Waals surface area contributed by atoms with E-state index in [1.807, 2.05) is 13.8 Å². The zero-order chi connectivity index (χ0) is 21.6. The van der Waals surface area contributed by atoms with E-state index in [0.717, 1.165) is 32.2 Å². The Kier molecular flexibility index (Phi) is 5.68. The van der Waals surface area contributed by atoms with Crippen LogP contribution in [0.15, 0.2) is 34.8 Å². The highest BCUT2D eigenvalue weighted by Gasteiger charge is 2.36. The van der Waals surface area contributed by atoms with E-state index in [0.29, 0.717) is 25.1 Å². The summed E-state index contributed by atoms with van der Waals surface area (Å²) in [6.07, 6.45) is 0.678. The molecule has 1 aromatic heterocycles. The third-order valence-corrected chi connectivity index (χ3v) is 6.83. The number of carbonyl (C=O) groups excluding carboxylic acids is 1. The van der Waals surface area contributed by atoms with Gasteiger partial charge in [0.25, 0.3) is 0 Å². The zero-order valence-electron chi connectivity index (χ0n) is 17.1.